The molecule has 2 N–H and O–H groups in total. The van der Waals surface area contributed by atoms with Gasteiger partial charge >= 0.3 is 6.03 Å². The number of anilines is 2. The minimum absolute atomic E-state index is 0.112. The summed E-state index contributed by atoms with van der Waals surface area (Å²) in [6.07, 6.45) is -0.112. The van der Waals surface area contributed by atoms with Gasteiger partial charge in [0.05, 0.1) is 11.7 Å². The number of hydrogen-bond acceptors (Lipinski definition) is 5. The summed E-state index contributed by atoms with van der Waals surface area (Å²) in [6.45, 7) is 5.90. The topological polar surface area (TPSA) is 83.1 Å². The molecular weight excluding hydrogens is 456 g/mol. The number of halogens is 1. The van der Waals surface area contributed by atoms with Gasteiger partial charge in [0, 0.05) is 49.7 Å². The van der Waals surface area contributed by atoms with Crippen molar-refractivity contribution in [1.82, 2.24) is 9.80 Å². The predicted molar refractivity (Wildman–Crippen MR) is 135 cm³/mol. The Morgan fingerprint density at radius 1 is 1.06 bits per heavy atom. The molecule has 1 heterocycles. The fourth-order valence-corrected chi connectivity index (χ4v) is 3.99. The number of rotatable bonds is 3. The van der Waals surface area contributed by atoms with Gasteiger partial charge in [-0.2, -0.15) is 0 Å². The van der Waals surface area contributed by atoms with Crippen LogP contribution in [0.3, 0.4) is 0 Å². The van der Waals surface area contributed by atoms with Crippen LogP contribution >= 0.6 is 11.6 Å². The molecule has 0 aromatic heterocycles. The van der Waals surface area contributed by atoms with Crippen LogP contribution < -0.4 is 15.4 Å². The number of nitrogens with zero attached hydrogens (tertiary/aromatic N) is 2. The summed E-state index contributed by atoms with van der Waals surface area (Å²) < 4.78 is 11.8. The van der Waals surface area contributed by atoms with Crippen LogP contribution in [0.4, 0.5) is 16.2 Å². The molecule has 34 heavy (non-hydrogen) atoms. The van der Waals surface area contributed by atoms with E-state index in [2.05, 4.69) is 36.4 Å². The summed E-state index contributed by atoms with van der Waals surface area (Å²) in [4.78, 5) is 29.7. The van der Waals surface area contributed by atoms with E-state index >= 15 is 0 Å². The molecule has 0 aliphatic carbocycles. The molecule has 3 atom stereocenters. The number of fused-ring (bicyclic) bond motifs is 1. The zero-order valence-electron chi connectivity index (χ0n) is 20.3. The smallest absolute Gasteiger partial charge is 0.323 e. The van der Waals surface area contributed by atoms with Gasteiger partial charge in [-0.05, 0) is 62.4 Å². The lowest BCUT2D eigenvalue weighted by Gasteiger charge is -2.34. The Labute approximate surface area is 206 Å². The van der Waals surface area contributed by atoms with Crippen LogP contribution in [-0.4, -0.2) is 74.8 Å². The van der Waals surface area contributed by atoms with Crippen LogP contribution in [0.25, 0.3) is 0 Å². The molecule has 0 bridgehead atoms. The molecule has 0 saturated heterocycles. The third kappa shape index (κ3) is 6.62. The molecule has 2 aromatic rings. The van der Waals surface area contributed by atoms with Gasteiger partial charge in [-0.15, -0.1) is 0 Å². The second kappa shape index (κ2) is 11.6. The fourth-order valence-electron chi connectivity index (χ4n) is 3.86. The maximum absolute atomic E-state index is 13.4. The Balaban J connectivity index is 1.84. The number of benzene rings is 2. The third-order valence-electron chi connectivity index (χ3n) is 6.12. The number of hydrogen-bond donors (Lipinski definition) is 2. The van der Waals surface area contributed by atoms with E-state index in [0.29, 0.717) is 40.9 Å². The average molecular weight is 489 g/mol. The maximum Gasteiger partial charge on any atom is 0.323 e. The first-order valence-corrected chi connectivity index (χ1v) is 11.6. The SMILES string of the molecule is CO[C@H]1CN(C)C(=O)c2cc(NC(=O)Nc3ccc(Cl)cc3)ccc2OC[C@H](C)N(C)C[C@H]1C. The second-order valence-electron chi connectivity index (χ2n) is 8.83. The Kier molecular flexibility index (Phi) is 8.77. The number of carbonyl (C=O) groups excluding carboxylic acids is 2. The average Bonchev–Trinajstić information content (AvgIpc) is 2.81. The Hall–Kier alpha value is -2.81. The van der Waals surface area contributed by atoms with Crippen molar-refractivity contribution in [2.45, 2.75) is 26.0 Å². The molecule has 3 amide bonds. The molecule has 184 valence electrons. The maximum atomic E-state index is 13.4. The van der Waals surface area contributed by atoms with Crippen LogP contribution in [0.15, 0.2) is 42.5 Å². The van der Waals surface area contributed by atoms with Crippen molar-refractivity contribution in [3.63, 3.8) is 0 Å². The van der Waals surface area contributed by atoms with Crippen molar-refractivity contribution >= 4 is 34.9 Å². The predicted octanol–water partition coefficient (Wildman–Crippen LogP) is 4.42. The van der Waals surface area contributed by atoms with Gasteiger partial charge in [0.25, 0.3) is 5.91 Å². The van der Waals surface area contributed by atoms with E-state index < -0.39 is 6.03 Å². The van der Waals surface area contributed by atoms with Crippen molar-refractivity contribution < 1.29 is 19.1 Å². The highest BCUT2D eigenvalue weighted by Gasteiger charge is 2.27. The number of nitrogens with one attached hydrogen (secondary N) is 2. The van der Waals surface area contributed by atoms with Crippen molar-refractivity contribution in [2.75, 3.05) is 51.5 Å². The lowest BCUT2D eigenvalue weighted by atomic mass is 10.0. The quantitative estimate of drug-likeness (QED) is 0.668. The van der Waals surface area contributed by atoms with Crippen LogP contribution in [0, 0.1) is 5.92 Å². The number of carbonyl (C=O) groups is 2. The van der Waals surface area contributed by atoms with Gasteiger partial charge in [0.2, 0.25) is 0 Å². The van der Waals surface area contributed by atoms with E-state index in [1.54, 1.807) is 61.5 Å². The molecule has 3 rings (SSSR count). The zero-order valence-corrected chi connectivity index (χ0v) is 21.1. The standard InChI is InChI=1S/C25H33ClN4O4/c1-16-13-29(3)17(2)15-34-22-11-10-20(12-21(22)24(31)30(4)14-23(16)33-5)28-25(32)27-19-8-6-18(26)7-9-19/h6-12,16-17,23H,13-15H2,1-5H3,(H2,27,28,32)/t16-,17+,23+/m1/s1. The van der Waals surface area contributed by atoms with Gasteiger partial charge in [0.1, 0.15) is 12.4 Å². The number of urea groups is 1. The van der Waals surface area contributed by atoms with Gasteiger partial charge < -0.3 is 25.0 Å². The minimum atomic E-state index is -0.430. The molecule has 0 fully saturated rings. The van der Waals surface area contributed by atoms with E-state index in [-0.39, 0.29) is 24.0 Å². The molecule has 0 unspecified atom stereocenters. The summed E-state index contributed by atoms with van der Waals surface area (Å²) in [5, 5.41) is 6.11. The van der Waals surface area contributed by atoms with Crippen LogP contribution in [-0.2, 0) is 4.74 Å². The molecular formula is C25H33ClN4O4. The highest BCUT2D eigenvalue weighted by atomic mass is 35.5. The third-order valence-corrected chi connectivity index (χ3v) is 6.37. The van der Waals surface area contributed by atoms with E-state index in [1.807, 2.05) is 0 Å². The van der Waals surface area contributed by atoms with Crippen molar-refractivity contribution in [3.8, 4) is 5.75 Å². The minimum Gasteiger partial charge on any atom is -0.491 e. The molecule has 1 aliphatic rings. The van der Waals surface area contributed by atoms with Crippen molar-refractivity contribution in [1.29, 1.82) is 0 Å². The molecule has 1 aliphatic heterocycles. The largest absolute Gasteiger partial charge is 0.491 e. The van der Waals surface area contributed by atoms with E-state index in [1.165, 1.54) is 0 Å². The van der Waals surface area contributed by atoms with Crippen molar-refractivity contribution in [2.24, 2.45) is 5.92 Å². The number of likely N-dealkylation sites (N-methyl/N-ethyl adjacent to an activating group) is 2. The van der Waals surface area contributed by atoms with Gasteiger partial charge in [-0.25, -0.2) is 4.79 Å². The van der Waals surface area contributed by atoms with Crippen LogP contribution in [0.1, 0.15) is 24.2 Å². The molecule has 9 heteroatoms. The van der Waals surface area contributed by atoms with Gasteiger partial charge in [0.15, 0.2) is 0 Å². The molecule has 0 spiro atoms. The number of methoxy groups -OCH3 is 1. The Morgan fingerprint density at radius 3 is 2.38 bits per heavy atom. The zero-order chi connectivity index (χ0) is 24.8. The number of ether oxygens (including phenoxy) is 2. The lowest BCUT2D eigenvalue weighted by Crippen LogP contribution is -2.45. The van der Waals surface area contributed by atoms with Crippen LogP contribution in [0.2, 0.25) is 5.02 Å². The summed E-state index contributed by atoms with van der Waals surface area (Å²) >= 11 is 5.89. The van der Waals surface area contributed by atoms with E-state index in [4.69, 9.17) is 21.1 Å². The van der Waals surface area contributed by atoms with Crippen molar-refractivity contribution in [3.05, 3.63) is 53.1 Å². The Morgan fingerprint density at radius 2 is 1.71 bits per heavy atom. The Bertz CT molecular complexity index is 1000. The molecule has 8 nitrogen and oxygen atoms in total. The first-order chi connectivity index (χ1) is 16.2. The molecule has 2 aromatic carbocycles. The normalized spacial score (nSPS) is 22.1. The highest BCUT2D eigenvalue weighted by Crippen LogP contribution is 2.26. The second-order valence-corrected chi connectivity index (χ2v) is 9.27. The summed E-state index contributed by atoms with van der Waals surface area (Å²) in [6, 6.07) is 11.6. The monoisotopic (exact) mass is 488 g/mol. The summed E-state index contributed by atoms with van der Waals surface area (Å²) in [7, 11) is 5.48. The lowest BCUT2D eigenvalue weighted by molar-refractivity contribution is 0.0150. The number of amides is 3. The molecule has 0 saturated carbocycles. The fraction of sp³-hybridized carbons (Fsp3) is 0.440. The van der Waals surface area contributed by atoms with Gasteiger partial charge in [-0.3, -0.25) is 9.69 Å². The van der Waals surface area contributed by atoms with E-state index in [9.17, 15) is 9.59 Å². The van der Waals surface area contributed by atoms with Gasteiger partial charge in [-0.1, -0.05) is 18.5 Å². The van der Waals surface area contributed by atoms with Crippen LogP contribution in [0.5, 0.6) is 5.75 Å². The molecule has 0 radical (unpaired) electrons. The highest BCUT2D eigenvalue weighted by molar-refractivity contribution is 6.30. The first-order valence-electron chi connectivity index (χ1n) is 11.3. The first kappa shape index (κ1) is 25.8. The summed E-state index contributed by atoms with van der Waals surface area (Å²) in [5.74, 6) is 0.493. The van der Waals surface area contributed by atoms with E-state index in [0.717, 1.165) is 6.54 Å². The summed E-state index contributed by atoms with van der Waals surface area (Å²) in [5.41, 5.74) is 1.46.